The van der Waals surface area contributed by atoms with Crippen molar-refractivity contribution in [2.45, 2.75) is 20.3 Å². The smallest absolute Gasteiger partial charge is 0.0461 e. The van der Waals surface area contributed by atoms with Crippen LogP contribution in [0.1, 0.15) is 25.8 Å². The summed E-state index contributed by atoms with van der Waals surface area (Å²) >= 11 is 0. The predicted molar refractivity (Wildman–Crippen MR) is 135 cm³/mol. The van der Waals surface area contributed by atoms with Crippen LogP contribution in [0.4, 0.5) is 11.4 Å². The molecule has 2 aromatic rings. The van der Waals surface area contributed by atoms with E-state index < -0.39 is 0 Å². The summed E-state index contributed by atoms with van der Waals surface area (Å²) in [4.78, 5) is 2.26. The number of benzene rings is 2. The van der Waals surface area contributed by atoms with Crippen LogP contribution in [-0.2, 0) is 0 Å². The molecule has 152 valence electrons. The van der Waals surface area contributed by atoms with Gasteiger partial charge in [0.25, 0.3) is 0 Å². The summed E-state index contributed by atoms with van der Waals surface area (Å²) in [6, 6.07) is 19.1. The van der Waals surface area contributed by atoms with Crippen molar-refractivity contribution in [1.82, 2.24) is 0 Å². The summed E-state index contributed by atoms with van der Waals surface area (Å²) in [7, 11) is 0. The first-order chi connectivity index (χ1) is 14.8. The van der Waals surface area contributed by atoms with E-state index in [1.807, 2.05) is 31.2 Å². The molecule has 30 heavy (non-hydrogen) atoms. The van der Waals surface area contributed by atoms with Crippen LogP contribution in [0.15, 0.2) is 134 Å². The van der Waals surface area contributed by atoms with Crippen molar-refractivity contribution in [3.63, 3.8) is 0 Å². The summed E-state index contributed by atoms with van der Waals surface area (Å²) in [5, 5.41) is 0. The molecule has 0 aliphatic rings. The van der Waals surface area contributed by atoms with Gasteiger partial charge >= 0.3 is 0 Å². The second kappa shape index (κ2) is 13.6. The SMILES string of the molecule is C=C/C=C\C=C/C/C=C/C=C/c1ccc(N(C(/C=C\C)=C/C)c2ccccc2)cc1. The first kappa shape index (κ1) is 22.7. The summed E-state index contributed by atoms with van der Waals surface area (Å²) in [6.07, 6.45) is 25.5. The summed E-state index contributed by atoms with van der Waals surface area (Å²) in [6.45, 7) is 7.76. The molecule has 2 rings (SSSR count). The molecule has 0 atom stereocenters. The van der Waals surface area contributed by atoms with Gasteiger partial charge in [0.05, 0.1) is 0 Å². The van der Waals surface area contributed by atoms with Gasteiger partial charge in [0.2, 0.25) is 0 Å². The van der Waals surface area contributed by atoms with Crippen molar-refractivity contribution in [3.05, 3.63) is 139 Å². The van der Waals surface area contributed by atoms with E-state index in [0.29, 0.717) is 0 Å². The molecular formula is C29H31N. The van der Waals surface area contributed by atoms with E-state index >= 15 is 0 Å². The average Bonchev–Trinajstić information content (AvgIpc) is 2.79. The van der Waals surface area contributed by atoms with Crippen molar-refractivity contribution in [2.24, 2.45) is 0 Å². The maximum absolute atomic E-state index is 3.65. The van der Waals surface area contributed by atoms with E-state index in [0.717, 1.165) is 23.5 Å². The highest BCUT2D eigenvalue weighted by Crippen LogP contribution is 2.30. The van der Waals surface area contributed by atoms with Crippen LogP contribution in [0.25, 0.3) is 6.08 Å². The van der Waals surface area contributed by atoms with E-state index in [-0.39, 0.29) is 0 Å². The normalized spacial score (nSPS) is 12.8. The van der Waals surface area contributed by atoms with Crippen LogP contribution in [0.5, 0.6) is 0 Å². The first-order valence-corrected chi connectivity index (χ1v) is 10.3. The number of hydrogen-bond acceptors (Lipinski definition) is 1. The third-order valence-corrected chi connectivity index (χ3v) is 4.36. The molecule has 0 bridgehead atoms. The molecule has 0 amide bonds. The van der Waals surface area contributed by atoms with Crippen LogP contribution in [0.3, 0.4) is 0 Å². The Kier molecular flexibility index (Phi) is 10.3. The van der Waals surface area contributed by atoms with Gasteiger partial charge < -0.3 is 4.90 Å². The van der Waals surface area contributed by atoms with Crippen molar-refractivity contribution in [1.29, 1.82) is 0 Å². The molecule has 0 fully saturated rings. The van der Waals surface area contributed by atoms with Crippen molar-refractivity contribution in [3.8, 4) is 0 Å². The van der Waals surface area contributed by atoms with E-state index in [1.54, 1.807) is 6.08 Å². The van der Waals surface area contributed by atoms with Crippen LogP contribution >= 0.6 is 0 Å². The second-order valence-electron chi connectivity index (χ2n) is 6.55. The van der Waals surface area contributed by atoms with Crippen molar-refractivity contribution >= 4 is 17.5 Å². The lowest BCUT2D eigenvalue weighted by atomic mass is 10.1. The zero-order valence-corrected chi connectivity index (χ0v) is 18.0. The van der Waals surface area contributed by atoms with Gasteiger partial charge in [-0.15, -0.1) is 0 Å². The number of allylic oxidation sites excluding steroid dienone is 11. The molecule has 0 spiro atoms. The summed E-state index contributed by atoms with van der Waals surface area (Å²) in [5.74, 6) is 0. The van der Waals surface area contributed by atoms with Crippen LogP contribution in [0.2, 0.25) is 0 Å². The minimum Gasteiger partial charge on any atom is -0.311 e. The number of nitrogens with zero attached hydrogens (tertiary/aromatic N) is 1. The van der Waals surface area contributed by atoms with Gasteiger partial charge in [0.1, 0.15) is 0 Å². The third-order valence-electron chi connectivity index (χ3n) is 4.36. The average molecular weight is 394 g/mol. The van der Waals surface area contributed by atoms with Gasteiger partial charge in [-0.1, -0.05) is 104 Å². The fourth-order valence-corrected chi connectivity index (χ4v) is 2.93. The monoisotopic (exact) mass is 393 g/mol. The van der Waals surface area contributed by atoms with Gasteiger partial charge in [0, 0.05) is 17.1 Å². The van der Waals surface area contributed by atoms with E-state index in [1.165, 1.54) is 5.56 Å². The largest absolute Gasteiger partial charge is 0.311 e. The second-order valence-corrected chi connectivity index (χ2v) is 6.55. The highest BCUT2D eigenvalue weighted by atomic mass is 15.1. The molecular weight excluding hydrogens is 362 g/mol. The highest BCUT2D eigenvalue weighted by molar-refractivity contribution is 5.71. The van der Waals surface area contributed by atoms with Crippen molar-refractivity contribution in [2.75, 3.05) is 4.90 Å². The first-order valence-electron chi connectivity index (χ1n) is 10.3. The molecule has 0 unspecified atom stereocenters. The zero-order chi connectivity index (χ0) is 21.4. The molecule has 0 saturated heterocycles. The Labute approximate surface area is 182 Å². The van der Waals surface area contributed by atoms with Crippen LogP contribution in [0, 0.1) is 0 Å². The minimum atomic E-state index is 0.911. The zero-order valence-electron chi connectivity index (χ0n) is 18.0. The Bertz CT molecular complexity index is 936. The maximum atomic E-state index is 3.65. The molecule has 0 aliphatic carbocycles. The summed E-state index contributed by atoms with van der Waals surface area (Å²) in [5.41, 5.74) is 4.60. The maximum Gasteiger partial charge on any atom is 0.0461 e. The molecule has 1 heteroatoms. The lowest BCUT2D eigenvalue weighted by Crippen LogP contribution is -2.14. The molecule has 0 saturated carbocycles. The van der Waals surface area contributed by atoms with E-state index in [4.69, 9.17) is 0 Å². The number of para-hydroxylation sites is 1. The fourth-order valence-electron chi connectivity index (χ4n) is 2.93. The Morgan fingerprint density at radius 1 is 0.800 bits per heavy atom. The van der Waals surface area contributed by atoms with Crippen LogP contribution in [-0.4, -0.2) is 0 Å². The molecule has 0 N–H and O–H groups in total. The third kappa shape index (κ3) is 7.44. The quantitative estimate of drug-likeness (QED) is 0.365. The van der Waals surface area contributed by atoms with Crippen LogP contribution < -0.4 is 4.90 Å². The van der Waals surface area contributed by atoms with Crippen molar-refractivity contribution < 1.29 is 0 Å². The Morgan fingerprint density at radius 2 is 1.47 bits per heavy atom. The minimum absolute atomic E-state index is 0.911. The molecule has 0 aromatic heterocycles. The molecule has 1 nitrogen and oxygen atoms in total. The number of rotatable bonds is 10. The van der Waals surface area contributed by atoms with Gasteiger partial charge in [-0.2, -0.15) is 0 Å². The Balaban J connectivity index is 2.10. The topological polar surface area (TPSA) is 3.24 Å². The fraction of sp³-hybridized carbons (Fsp3) is 0.103. The van der Waals surface area contributed by atoms with Gasteiger partial charge in [-0.3, -0.25) is 0 Å². The standard InChI is InChI=1S/C29H31N/c1-4-7-8-9-10-11-12-13-15-19-26-22-24-29(25-23-26)30(27(6-3)18-5-2)28-20-16-14-17-21-28/h4-10,12-25H,1,11H2,2-3H3/b8-7-,10-9-,13-12+,18-5-,19-15+,27-6+. The van der Waals surface area contributed by atoms with Gasteiger partial charge in [-0.25, -0.2) is 0 Å². The number of hydrogen-bond donors (Lipinski definition) is 0. The van der Waals surface area contributed by atoms with E-state index in [2.05, 4.69) is 116 Å². The highest BCUT2D eigenvalue weighted by Gasteiger charge is 2.11. The Hall–Kier alpha value is -3.58. The van der Waals surface area contributed by atoms with Gasteiger partial charge in [-0.05, 0) is 56.2 Å². The van der Waals surface area contributed by atoms with E-state index in [9.17, 15) is 0 Å². The molecule has 0 aliphatic heterocycles. The Morgan fingerprint density at radius 3 is 2.10 bits per heavy atom. The number of anilines is 2. The van der Waals surface area contributed by atoms with Gasteiger partial charge in [0.15, 0.2) is 0 Å². The molecule has 0 heterocycles. The molecule has 2 aromatic carbocycles. The lowest BCUT2D eigenvalue weighted by Gasteiger charge is -2.26. The predicted octanol–water partition coefficient (Wildman–Crippen LogP) is 8.56. The summed E-state index contributed by atoms with van der Waals surface area (Å²) < 4.78 is 0. The lowest BCUT2D eigenvalue weighted by molar-refractivity contribution is 1.20. The molecule has 0 radical (unpaired) electrons.